The zero-order chi connectivity index (χ0) is 15.5. The number of hydrogen-bond donors (Lipinski definition) is 1. The minimum absolute atomic E-state index is 0.105. The Morgan fingerprint density at radius 2 is 1.81 bits per heavy atom. The fraction of sp³-hybridized carbons (Fsp3) is 0.765. The zero-order valence-corrected chi connectivity index (χ0v) is 14.1. The number of ether oxygens (including phenoxy) is 1. The fourth-order valence-corrected chi connectivity index (χ4v) is 2.68. The number of aromatic nitrogens is 2. The molecule has 1 saturated heterocycles. The maximum Gasteiger partial charge on any atom is 0.131 e. The highest BCUT2D eigenvalue weighted by atomic mass is 16.5. The molecule has 1 atom stereocenters. The summed E-state index contributed by atoms with van der Waals surface area (Å²) in [5, 5.41) is 3.52. The summed E-state index contributed by atoms with van der Waals surface area (Å²) in [4.78, 5) is 9.40. The molecule has 118 valence electrons. The molecule has 4 heteroatoms. The summed E-state index contributed by atoms with van der Waals surface area (Å²) in [5.41, 5.74) is 3.50. The summed E-state index contributed by atoms with van der Waals surface area (Å²) in [6.45, 7) is 12.4. The third-order valence-electron chi connectivity index (χ3n) is 3.95. The second-order valence-electron chi connectivity index (χ2n) is 7.09. The summed E-state index contributed by atoms with van der Waals surface area (Å²) in [6.07, 6.45) is 4.73. The summed E-state index contributed by atoms with van der Waals surface area (Å²) in [7, 11) is 0. The van der Waals surface area contributed by atoms with E-state index in [-0.39, 0.29) is 5.54 Å². The molecule has 1 aromatic heterocycles. The maximum absolute atomic E-state index is 5.79. The predicted octanol–water partition coefficient (Wildman–Crippen LogP) is 3.09. The summed E-state index contributed by atoms with van der Waals surface area (Å²) in [6, 6.07) is 0. The first-order valence-electron chi connectivity index (χ1n) is 8.05. The van der Waals surface area contributed by atoms with Crippen molar-refractivity contribution in [3.63, 3.8) is 0 Å². The lowest BCUT2D eigenvalue weighted by Gasteiger charge is -2.23. The Kier molecular flexibility index (Phi) is 5.33. The Balaban J connectivity index is 2.05. The van der Waals surface area contributed by atoms with Gasteiger partial charge in [0.25, 0.3) is 0 Å². The molecule has 2 heterocycles. The number of nitrogens with zero attached hydrogens (tertiary/aromatic N) is 2. The van der Waals surface area contributed by atoms with Gasteiger partial charge in [-0.2, -0.15) is 0 Å². The lowest BCUT2D eigenvalue weighted by molar-refractivity contribution is 0.0156. The van der Waals surface area contributed by atoms with Crippen molar-refractivity contribution in [3.8, 4) is 0 Å². The topological polar surface area (TPSA) is 47.0 Å². The van der Waals surface area contributed by atoms with Gasteiger partial charge in [-0.05, 0) is 53.9 Å². The second kappa shape index (κ2) is 6.84. The first-order valence-corrected chi connectivity index (χ1v) is 8.05. The summed E-state index contributed by atoms with van der Waals surface area (Å²) in [5.74, 6) is 0.927. The molecule has 1 aliphatic heterocycles. The molecule has 1 N–H and O–H groups in total. The van der Waals surface area contributed by atoms with E-state index in [2.05, 4.69) is 39.9 Å². The van der Waals surface area contributed by atoms with E-state index in [9.17, 15) is 0 Å². The van der Waals surface area contributed by atoms with Crippen LogP contribution in [0.3, 0.4) is 0 Å². The van der Waals surface area contributed by atoms with Crippen molar-refractivity contribution in [1.29, 1.82) is 0 Å². The van der Waals surface area contributed by atoms with Crippen LogP contribution in [-0.4, -0.2) is 28.2 Å². The average molecular weight is 291 g/mol. The van der Waals surface area contributed by atoms with Crippen LogP contribution in [0.25, 0.3) is 0 Å². The van der Waals surface area contributed by atoms with Gasteiger partial charge in [0.15, 0.2) is 0 Å². The maximum atomic E-state index is 5.79. The highest BCUT2D eigenvalue weighted by Crippen LogP contribution is 2.18. The Bertz CT molecular complexity index is 450. The quantitative estimate of drug-likeness (QED) is 0.926. The van der Waals surface area contributed by atoms with Crippen LogP contribution in [0, 0.1) is 13.8 Å². The largest absolute Gasteiger partial charge is 0.378 e. The molecule has 0 saturated carbocycles. The molecule has 1 aromatic rings. The molecular formula is C17H29N3O. The van der Waals surface area contributed by atoms with Crippen LogP contribution >= 0.6 is 0 Å². The lowest BCUT2D eigenvalue weighted by Crippen LogP contribution is -2.35. The first-order chi connectivity index (χ1) is 9.85. The molecule has 0 amide bonds. The second-order valence-corrected chi connectivity index (χ2v) is 7.09. The monoisotopic (exact) mass is 291 g/mol. The van der Waals surface area contributed by atoms with E-state index in [1.807, 2.05) is 0 Å². The van der Waals surface area contributed by atoms with Crippen LogP contribution in [0.15, 0.2) is 0 Å². The molecule has 1 unspecified atom stereocenters. The van der Waals surface area contributed by atoms with Crippen LogP contribution in [-0.2, 0) is 17.7 Å². The molecule has 0 bridgehead atoms. The van der Waals surface area contributed by atoms with Gasteiger partial charge < -0.3 is 10.1 Å². The third kappa shape index (κ3) is 5.04. The molecule has 1 fully saturated rings. The van der Waals surface area contributed by atoms with Gasteiger partial charge in [-0.25, -0.2) is 9.97 Å². The van der Waals surface area contributed by atoms with E-state index in [1.165, 1.54) is 18.4 Å². The van der Waals surface area contributed by atoms with Gasteiger partial charge in [0.2, 0.25) is 0 Å². The standard InChI is InChI=1S/C17H29N3O/c1-12-15(11-18-17(3,4)5)13(2)20-16(19-12)10-14-8-6-7-9-21-14/h14,18H,6-11H2,1-5H3. The minimum Gasteiger partial charge on any atom is -0.378 e. The van der Waals surface area contributed by atoms with E-state index in [0.29, 0.717) is 6.10 Å². The molecule has 21 heavy (non-hydrogen) atoms. The van der Waals surface area contributed by atoms with E-state index < -0.39 is 0 Å². The molecule has 0 aromatic carbocycles. The number of nitrogens with one attached hydrogen (secondary N) is 1. The highest BCUT2D eigenvalue weighted by molar-refractivity contribution is 5.24. The van der Waals surface area contributed by atoms with Crippen molar-refractivity contribution >= 4 is 0 Å². The normalized spacial score (nSPS) is 19.8. The SMILES string of the molecule is Cc1nc(CC2CCCCO2)nc(C)c1CNC(C)(C)C. The predicted molar refractivity (Wildman–Crippen MR) is 85.4 cm³/mol. The van der Waals surface area contributed by atoms with Crippen LogP contribution in [0.1, 0.15) is 62.8 Å². The van der Waals surface area contributed by atoms with Crippen LogP contribution < -0.4 is 5.32 Å². The Morgan fingerprint density at radius 3 is 2.33 bits per heavy atom. The van der Waals surface area contributed by atoms with Gasteiger partial charge in [-0.1, -0.05) is 0 Å². The smallest absolute Gasteiger partial charge is 0.131 e. The number of aryl methyl sites for hydroxylation is 2. The van der Waals surface area contributed by atoms with Gasteiger partial charge in [-0.15, -0.1) is 0 Å². The summed E-state index contributed by atoms with van der Waals surface area (Å²) >= 11 is 0. The molecule has 0 spiro atoms. The molecule has 4 nitrogen and oxygen atoms in total. The minimum atomic E-state index is 0.105. The van der Waals surface area contributed by atoms with Crippen LogP contribution in [0.5, 0.6) is 0 Å². The molecule has 0 radical (unpaired) electrons. The Morgan fingerprint density at radius 1 is 1.14 bits per heavy atom. The molecular weight excluding hydrogens is 262 g/mol. The summed E-state index contributed by atoms with van der Waals surface area (Å²) < 4.78 is 5.79. The zero-order valence-electron chi connectivity index (χ0n) is 14.1. The fourth-order valence-electron chi connectivity index (χ4n) is 2.68. The van der Waals surface area contributed by atoms with E-state index >= 15 is 0 Å². The number of rotatable bonds is 4. The Hall–Kier alpha value is -1.00. The van der Waals surface area contributed by atoms with Crippen molar-refractivity contribution in [3.05, 3.63) is 22.8 Å². The van der Waals surface area contributed by atoms with Gasteiger partial charge in [0, 0.05) is 42.1 Å². The van der Waals surface area contributed by atoms with Crippen molar-refractivity contribution < 1.29 is 4.74 Å². The van der Waals surface area contributed by atoms with Crippen LogP contribution in [0.4, 0.5) is 0 Å². The van der Waals surface area contributed by atoms with Crippen molar-refractivity contribution in [2.75, 3.05) is 6.61 Å². The van der Waals surface area contributed by atoms with Gasteiger partial charge >= 0.3 is 0 Å². The van der Waals surface area contributed by atoms with Gasteiger partial charge in [0.1, 0.15) is 5.82 Å². The van der Waals surface area contributed by atoms with Crippen LogP contribution in [0.2, 0.25) is 0 Å². The van der Waals surface area contributed by atoms with Gasteiger partial charge in [0.05, 0.1) is 6.10 Å². The van der Waals surface area contributed by atoms with Gasteiger partial charge in [-0.3, -0.25) is 0 Å². The van der Waals surface area contributed by atoms with Crippen molar-refractivity contribution in [1.82, 2.24) is 15.3 Å². The Labute approximate surface area is 128 Å². The average Bonchev–Trinajstić information content (AvgIpc) is 2.37. The van der Waals surface area contributed by atoms with E-state index in [0.717, 1.165) is 43.2 Å². The molecule has 1 aliphatic rings. The van der Waals surface area contributed by atoms with E-state index in [4.69, 9.17) is 14.7 Å². The number of hydrogen-bond acceptors (Lipinski definition) is 4. The third-order valence-corrected chi connectivity index (χ3v) is 3.95. The van der Waals surface area contributed by atoms with Crippen molar-refractivity contribution in [2.24, 2.45) is 0 Å². The van der Waals surface area contributed by atoms with E-state index in [1.54, 1.807) is 0 Å². The lowest BCUT2D eigenvalue weighted by atomic mass is 10.0. The molecule has 0 aliphatic carbocycles. The highest BCUT2D eigenvalue weighted by Gasteiger charge is 2.18. The molecule has 2 rings (SSSR count). The van der Waals surface area contributed by atoms with Crippen molar-refractivity contribution in [2.45, 2.75) is 78.5 Å². The first kappa shape index (κ1) is 16.4.